The van der Waals surface area contributed by atoms with Crippen LogP contribution >= 0.6 is 0 Å². The Morgan fingerprint density at radius 2 is 1.67 bits per heavy atom. The van der Waals surface area contributed by atoms with Crippen LogP contribution in [0.2, 0.25) is 0 Å². The molecule has 43 heavy (non-hydrogen) atoms. The Morgan fingerprint density at radius 1 is 1.00 bits per heavy atom. The number of aryl methyl sites for hydroxylation is 1. The van der Waals surface area contributed by atoms with Crippen molar-refractivity contribution in [3.63, 3.8) is 0 Å². The zero-order valence-corrected chi connectivity index (χ0v) is 23.7. The number of amides is 1. The molecule has 2 aromatic heterocycles. The van der Waals surface area contributed by atoms with Gasteiger partial charge in [-0.2, -0.15) is 0 Å². The third-order valence-electron chi connectivity index (χ3n) is 7.93. The van der Waals surface area contributed by atoms with Crippen molar-refractivity contribution in [3.05, 3.63) is 95.1 Å². The van der Waals surface area contributed by atoms with Gasteiger partial charge in [0, 0.05) is 56.1 Å². The van der Waals surface area contributed by atoms with Crippen molar-refractivity contribution in [2.45, 2.75) is 31.8 Å². The molecular weight excluding hydrogens is 559 g/mol. The number of ether oxygens (including phenoxy) is 2. The van der Waals surface area contributed by atoms with Crippen LogP contribution in [-0.4, -0.2) is 51.6 Å². The van der Waals surface area contributed by atoms with Crippen LogP contribution in [-0.2, 0) is 20.1 Å². The molecule has 0 unspecified atom stereocenters. The minimum atomic E-state index is -2.82. The van der Waals surface area contributed by atoms with E-state index in [1.54, 1.807) is 38.7 Å². The smallest absolute Gasteiger partial charge is 0.255 e. The van der Waals surface area contributed by atoms with Crippen LogP contribution in [0.1, 0.15) is 39.9 Å². The number of rotatable bonds is 7. The standard InChI is InChI=1S/C33H30F3N3O4/c1-38-18-26-27(32(41)39-13-11-33(35,36)12-14-39)25-16-22(15-20-3-7-23(34)8-4-20)17-37-29(25)30(28(26)31(38)40)43-19-21-5-9-24(42-2)10-6-21/h3-10,16-18,40H,11-15,19H2,1-2H3. The van der Waals surface area contributed by atoms with Gasteiger partial charge in [0.05, 0.1) is 18.1 Å². The summed E-state index contributed by atoms with van der Waals surface area (Å²) in [6.07, 6.45) is 2.89. The summed E-state index contributed by atoms with van der Waals surface area (Å²) in [5.41, 5.74) is 3.08. The van der Waals surface area contributed by atoms with Crippen molar-refractivity contribution in [2.75, 3.05) is 20.2 Å². The molecule has 1 fully saturated rings. The van der Waals surface area contributed by atoms with E-state index >= 15 is 0 Å². The van der Waals surface area contributed by atoms with Crippen LogP contribution in [0.4, 0.5) is 13.2 Å². The molecule has 3 aromatic carbocycles. The van der Waals surface area contributed by atoms with Crippen LogP contribution in [0, 0.1) is 5.82 Å². The molecule has 10 heteroatoms. The fourth-order valence-electron chi connectivity index (χ4n) is 5.55. The van der Waals surface area contributed by atoms with E-state index in [1.165, 1.54) is 21.6 Å². The van der Waals surface area contributed by atoms with Crippen molar-refractivity contribution in [2.24, 2.45) is 7.05 Å². The van der Waals surface area contributed by atoms with Crippen molar-refractivity contribution in [1.29, 1.82) is 0 Å². The summed E-state index contributed by atoms with van der Waals surface area (Å²) in [5.74, 6) is -2.69. The van der Waals surface area contributed by atoms with E-state index in [0.29, 0.717) is 39.6 Å². The first-order chi connectivity index (χ1) is 20.6. The highest BCUT2D eigenvalue weighted by Gasteiger charge is 2.37. The lowest BCUT2D eigenvalue weighted by Crippen LogP contribution is -2.42. The highest BCUT2D eigenvalue weighted by molar-refractivity contribution is 6.21. The zero-order valence-electron chi connectivity index (χ0n) is 23.7. The van der Waals surface area contributed by atoms with Crippen LogP contribution < -0.4 is 9.47 Å². The van der Waals surface area contributed by atoms with E-state index < -0.39 is 24.7 Å². The third kappa shape index (κ3) is 5.57. The van der Waals surface area contributed by atoms with E-state index in [2.05, 4.69) is 0 Å². The first-order valence-electron chi connectivity index (χ1n) is 13.9. The molecule has 222 valence electrons. The summed E-state index contributed by atoms with van der Waals surface area (Å²) in [6, 6.07) is 15.3. The van der Waals surface area contributed by atoms with Crippen LogP contribution in [0.25, 0.3) is 21.7 Å². The quantitative estimate of drug-likeness (QED) is 0.231. The number of pyridine rings is 1. The molecule has 3 heterocycles. The van der Waals surface area contributed by atoms with Gasteiger partial charge in [-0.05, 0) is 53.4 Å². The molecule has 0 atom stereocenters. The number of aromatic nitrogens is 2. The second-order valence-corrected chi connectivity index (χ2v) is 10.9. The number of carbonyl (C=O) groups excluding carboxylic acids is 1. The van der Waals surface area contributed by atoms with Crippen LogP contribution in [0.15, 0.2) is 67.0 Å². The lowest BCUT2D eigenvalue weighted by atomic mass is 9.96. The van der Waals surface area contributed by atoms with Gasteiger partial charge >= 0.3 is 0 Å². The lowest BCUT2D eigenvalue weighted by molar-refractivity contribution is -0.0493. The first-order valence-corrected chi connectivity index (χ1v) is 13.9. The Bertz CT molecular complexity index is 1810. The molecule has 0 spiro atoms. The number of likely N-dealkylation sites (tertiary alicyclic amines) is 1. The zero-order chi connectivity index (χ0) is 30.3. The second-order valence-electron chi connectivity index (χ2n) is 10.9. The molecule has 1 amide bonds. The van der Waals surface area contributed by atoms with Crippen molar-refractivity contribution < 1.29 is 32.5 Å². The Balaban J connectivity index is 1.50. The van der Waals surface area contributed by atoms with Crippen molar-refractivity contribution in [1.82, 2.24) is 14.5 Å². The topological polar surface area (TPSA) is 76.8 Å². The molecule has 5 aromatic rings. The van der Waals surface area contributed by atoms with Crippen molar-refractivity contribution in [3.8, 4) is 17.4 Å². The summed E-state index contributed by atoms with van der Waals surface area (Å²) in [6.45, 7) is -0.0336. The average molecular weight is 590 g/mol. The maximum atomic E-state index is 14.1. The molecule has 0 radical (unpaired) electrons. The average Bonchev–Trinajstić information content (AvgIpc) is 3.29. The number of carbonyl (C=O) groups is 1. The monoisotopic (exact) mass is 589 g/mol. The number of hydrogen-bond donors (Lipinski definition) is 1. The highest BCUT2D eigenvalue weighted by Crippen LogP contribution is 2.44. The summed E-state index contributed by atoms with van der Waals surface area (Å²) in [5, 5.41) is 12.4. The normalized spacial score (nSPS) is 14.8. The summed E-state index contributed by atoms with van der Waals surface area (Å²) in [4.78, 5) is 20.2. The van der Waals surface area contributed by atoms with Gasteiger partial charge in [-0.25, -0.2) is 13.2 Å². The van der Waals surface area contributed by atoms with E-state index in [4.69, 9.17) is 14.5 Å². The minimum Gasteiger partial charge on any atom is -0.497 e. The molecule has 0 aliphatic carbocycles. The fourth-order valence-corrected chi connectivity index (χ4v) is 5.55. The highest BCUT2D eigenvalue weighted by atomic mass is 19.3. The Labute approximate surface area is 246 Å². The molecule has 1 saturated heterocycles. The van der Waals surface area contributed by atoms with Gasteiger partial charge in [0.2, 0.25) is 5.88 Å². The SMILES string of the molecule is COc1ccc(COc2c3ncc(Cc4ccc(F)cc4)cc3c(C(=O)N3CCC(F)(F)CC3)c3cn(C)c(O)c23)cc1. The van der Waals surface area contributed by atoms with Gasteiger partial charge in [-0.15, -0.1) is 0 Å². The Kier molecular flexibility index (Phi) is 7.37. The molecule has 7 nitrogen and oxygen atoms in total. The molecular formula is C33H30F3N3O4. The predicted octanol–water partition coefficient (Wildman–Crippen LogP) is 6.62. The number of alkyl halides is 2. The number of fused-ring (bicyclic) bond motifs is 2. The van der Waals surface area contributed by atoms with E-state index in [1.807, 2.05) is 30.3 Å². The maximum Gasteiger partial charge on any atom is 0.255 e. The third-order valence-corrected chi connectivity index (χ3v) is 7.93. The number of piperidine rings is 1. The molecule has 0 saturated carbocycles. The van der Waals surface area contributed by atoms with Crippen LogP contribution in [0.3, 0.4) is 0 Å². The minimum absolute atomic E-state index is 0.0912. The Hall–Kier alpha value is -4.73. The fraction of sp³-hybridized carbons (Fsp3) is 0.273. The van der Waals surface area contributed by atoms with E-state index in [-0.39, 0.29) is 37.0 Å². The molecule has 1 aliphatic heterocycles. The summed E-state index contributed by atoms with van der Waals surface area (Å²) >= 11 is 0. The largest absolute Gasteiger partial charge is 0.497 e. The molecule has 1 N–H and O–H groups in total. The van der Waals surface area contributed by atoms with Gasteiger partial charge < -0.3 is 24.0 Å². The van der Waals surface area contributed by atoms with E-state index in [9.17, 15) is 23.1 Å². The second kappa shape index (κ2) is 11.2. The lowest BCUT2D eigenvalue weighted by Gasteiger charge is -2.32. The van der Waals surface area contributed by atoms with Crippen LogP contribution in [0.5, 0.6) is 17.4 Å². The number of aromatic hydroxyl groups is 1. The van der Waals surface area contributed by atoms with Gasteiger partial charge in [-0.1, -0.05) is 24.3 Å². The summed E-state index contributed by atoms with van der Waals surface area (Å²) in [7, 11) is 3.23. The number of benzene rings is 3. The maximum absolute atomic E-state index is 14.1. The van der Waals surface area contributed by atoms with Gasteiger partial charge in [0.15, 0.2) is 5.75 Å². The van der Waals surface area contributed by atoms with Gasteiger partial charge in [0.25, 0.3) is 11.8 Å². The van der Waals surface area contributed by atoms with E-state index in [0.717, 1.165) is 16.7 Å². The predicted molar refractivity (Wildman–Crippen MR) is 157 cm³/mol. The Morgan fingerprint density at radius 3 is 2.35 bits per heavy atom. The number of methoxy groups -OCH3 is 1. The number of hydrogen-bond acceptors (Lipinski definition) is 5. The van der Waals surface area contributed by atoms with Gasteiger partial charge in [-0.3, -0.25) is 9.78 Å². The molecule has 1 aliphatic rings. The molecule has 6 rings (SSSR count). The number of halogens is 3. The van der Waals surface area contributed by atoms with Crippen molar-refractivity contribution >= 4 is 27.6 Å². The first kappa shape index (κ1) is 28.4. The number of nitrogens with zero attached hydrogens (tertiary/aromatic N) is 3. The summed E-state index contributed by atoms with van der Waals surface area (Å²) < 4.78 is 54.5. The molecule has 0 bridgehead atoms. The van der Waals surface area contributed by atoms with Gasteiger partial charge in [0.1, 0.15) is 23.7 Å².